The SMILES string of the molecule is C[C@@H]1CN([C@H](C)CO)C(=O)c2cc(NS(C)(=O)=O)ccc2O[C@@H](C)CCCCO[C@@H]1CN(C)S(=O)(=O)c1ccccc1. The van der Waals surface area contributed by atoms with Crippen molar-refractivity contribution in [3.05, 3.63) is 54.1 Å². The lowest BCUT2D eigenvalue weighted by atomic mass is 10.0. The molecule has 0 bridgehead atoms. The number of aliphatic hydroxyl groups is 1. The molecular weight excluding hydrogens is 582 g/mol. The van der Waals surface area contributed by atoms with E-state index in [0.29, 0.717) is 18.8 Å². The summed E-state index contributed by atoms with van der Waals surface area (Å²) in [4.78, 5) is 15.7. The first-order chi connectivity index (χ1) is 19.7. The van der Waals surface area contributed by atoms with Crippen molar-refractivity contribution < 1.29 is 36.2 Å². The third kappa shape index (κ3) is 9.14. The third-order valence-corrected chi connectivity index (χ3v) is 9.69. The van der Waals surface area contributed by atoms with E-state index >= 15 is 0 Å². The van der Waals surface area contributed by atoms with Crippen LogP contribution in [0.5, 0.6) is 5.75 Å². The highest BCUT2D eigenvalue weighted by Crippen LogP contribution is 2.29. The number of carbonyl (C=O) groups is 1. The lowest BCUT2D eigenvalue weighted by Crippen LogP contribution is -2.48. The molecule has 3 rings (SSSR count). The van der Waals surface area contributed by atoms with E-state index in [-0.39, 0.29) is 47.9 Å². The van der Waals surface area contributed by atoms with Crippen molar-refractivity contribution >= 4 is 31.6 Å². The number of rotatable bonds is 8. The molecule has 0 saturated carbocycles. The third-order valence-electron chi connectivity index (χ3n) is 7.24. The minimum Gasteiger partial charge on any atom is -0.490 e. The van der Waals surface area contributed by atoms with Crippen LogP contribution in [0.1, 0.15) is 50.4 Å². The minimum atomic E-state index is -3.77. The number of amides is 1. The minimum absolute atomic E-state index is 0.0620. The standard InChI is InChI=1S/C29H43N3O8S2/c1-21-18-32(22(2)20-33)29(34)26-17-24(30-41(5,35)36)14-15-27(26)40-23(3)11-9-10-16-39-28(21)19-31(4)42(37,38)25-12-7-6-8-13-25/h6-8,12-15,17,21-23,28,30,33H,9-11,16,18-20H2,1-5H3/t21-,22-,23+,28-/m1/s1. The molecule has 1 aliphatic rings. The quantitative estimate of drug-likeness (QED) is 0.456. The number of carbonyl (C=O) groups excluding carboxylic acids is 1. The number of fused-ring (bicyclic) bond motifs is 1. The van der Waals surface area contributed by atoms with Crippen molar-refractivity contribution in [3.63, 3.8) is 0 Å². The highest BCUT2D eigenvalue weighted by atomic mass is 32.2. The maximum atomic E-state index is 14.1. The van der Waals surface area contributed by atoms with Gasteiger partial charge in [-0.1, -0.05) is 25.1 Å². The molecule has 2 aromatic carbocycles. The summed E-state index contributed by atoms with van der Waals surface area (Å²) < 4.78 is 66.4. The number of nitrogens with zero attached hydrogens (tertiary/aromatic N) is 2. The first kappa shape index (κ1) is 33.8. The van der Waals surface area contributed by atoms with E-state index in [1.165, 1.54) is 22.3 Å². The second-order valence-corrected chi connectivity index (χ2v) is 14.8. The van der Waals surface area contributed by atoms with E-state index in [2.05, 4.69) is 4.72 Å². The van der Waals surface area contributed by atoms with Gasteiger partial charge in [0.1, 0.15) is 5.75 Å². The maximum absolute atomic E-state index is 14.1. The van der Waals surface area contributed by atoms with Crippen LogP contribution in [0.15, 0.2) is 53.4 Å². The zero-order chi connectivity index (χ0) is 31.1. The second-order valence-electron chi connectivity index (χ2n) is 11.0. The van der Waals surface area contributed by atoms with Gasteiger partial charge in [-0.2, -0.15) is 4.31 Å². The highest BCUT2D eigenvalue weighted by molar-refractivity contribution is 7.92. The van der Waals surface area contributed by atoms with Gasteiger partial charge in [-0.25, -0.2) is 16.8 Å². The van der Waals surface area contributed by atoms with E-state index in [0.717, 1.165) is 19.1 Å². The van der Waals surface area contributed by atoms with Gasteiger partial charge in [0.25, 0.3) is 5.91 Å². The fraction of sp³-hybridized carbons (Fsp3) is 0.552. The molecule has 0 saturated heterocycles. The number of hydrogen-bond acceptors (Lipinski definition) is 8. The fourth-order valence-electron chi connectivity index (χ4n) is 4.79. The molecule has 0 spiro atoms. The van der Waals surface area contributed by atoms with E-state index in [4.69, 9.17) is 9.47 Å². The molecule has 0 unspecified atom stereocenters. The van der Waals surface area contributed by atoms with Crippen LogP contribution < -0.4 is 9.46 Å². The number of sulfonamides is 2. The van der Waals surface area contributed by atoms with Gasteiger partial charge in [0.15, 0.2) is 0 Å². The molecule has 0 aromatic heterocycles. The van der Waals surface area contributed by atoms with Crippen LogP contribution in [0, 0.1) is 5.92 Å². The Morgan fingerprint density at radius 3 is 2.43 bits per heavy atom. The van der Waals surface area contributed by atoms with Crippen LogP contribution in [-0.2, 0) is 24.8 Å². The number of nitrogens with one attached hydrogen (secondary N) is 1. The Morgan fingerprint density at radius 1 is 1.10 bits per heavy atom. The Bertz CT molecular complexity index is 1400. The van der Waals surface area contributed by atoms with Gasteiger partial charge in [-0.3, -0.25) is 9.52 Å². The van der Waals surface area contributed by atoms with E-state index < -0.39 is 38.1 Å². The molecule has 4 atom stereocenters. The molecule has 0 aliphatic carbocycles. The molecule has 2 aromatic rings. The summed E-state index contributed by atoms with van der Waals surface area (Å²) >= 11 is 0. The van der Waals surface area contributed by atoms with Gasteiger partial charge in [0.05, 0.1) is 41.6 Å². The van der Waals surface area contributed by atoms with Gasteiger partial charge in [0.2, 0.25) is 20.0 Å². The van der Waals surface area contributed by atoms with E-state index in [1.807, 2.05) is 13.8 Å². The molecule has 0 radical (unpaired) electrons. The van der Waals surface area contributed by atoms with E-state index in [9.17, 15) is 26.7 Å². The first-order valence-corrected chi connectivity index (χ1v) is 17.4. The Morgan fingerprint density at radius 2 is 1.79 bits per heavy atom. The van der Waals surface area contributed by atoms with Gasteiger partial charge >= 0.3 is 0 Å². The normalized spacial score (nSPS) is 22.1. The largest absolute Gasteiger partial charge is 0.490 e. The molecule has 1 aliphatic heterocycles. The monoisotopic (exact) mass is 625 g/mol. The summed E-state index contributed by atoms with van der Waals surface area (Å²) in [5, 5.41) is 10.1. The fourth-order valence-corrected chi connectivity index (χ4v) is 6.55. The number of hydrogen-bond donors (Lipinski definition) is 2. The summed E-state index contributed by atoms with van der Waals surface area (Å²) in [6.07, 6.45) is 2.42. The smallest absolute Gasteiger partial charge is 0.258 e. The predicted molar refractivity (Wildman–Crippen MR) is 162 cm³/mol. The Balaban J connectivity index is 1.98. The Labute approximate surface area is 249 Å². The predicted octanol–water partition coefficient (Wildman–Crippen LogP) is 3.17. The molecule has 234 valence electrons. The number of likely N-dealkylation sites (N-methyl/N-ethyl adjacent to an activating group) is 1. The van der Waals surface area contributed by atoms with Gasteiger partial charge in [-0.05, 0) is 63.4 Å². The number of benzene rings is 2. The molecule has 11 nitrogen and oxygen atoms in total. The molecule has 2 N–H and O–H groups in total. The van der Waals surface area contributed by atoms with Crippen LogP contribution in [0.25, 0.3) is 0 Å². The van der Waals surface area contributed by atoms with Gasteiger partial charge in [0, 0.05) is 38.3 Å². The number of anilines is 1. The molecule has 0 fully saturated rings. The average molecular weight is 626 g/mol. The lowest BCUT2D eigenvalue weighted by Gasteiger charge is -2.35. The van der Waals surface area contributed by atoms with Crippen LogP contribution in [-0.4, -0.2) is 94.9 Å². The van der Waals surface area contributed by atoms with Crippen LogP contribution in [0.2, 0.25) is 0 Å². The van der Waals surface area contributed by atoms with Crippen LogP contribution in [0.4, 0.5) is 5.69 Å². The second kappa shape index (κ2) is 14.6. The molecule has 42 heavy (non-hydrogen) atoms. The van der Waals surface area contributed by atoms with Crippen LogP contribution in [0.3, 0.4) is 0 Å². The summed E-state index contributed by atoms with van der Waals surface area (Å²) in [5.41, 5.74) is 0.363. The topological polar surface area (TPSA) is 143 Å². The summed E-state index contributed by atoms with van der Waals surface area (Å²) in [5.74, 6) is -0.475. The van der Waals surface area contributed by atoms with Crippen molar-refractivity contribution in [1.29, 1.82) is 0 Å². The average Bonchev–Trinajstić information content (AvgIpc) is 2.94. The lowest BCUT2D eigenvalue weighted by molar-refractivity contribution is -0.00833. The summed E-state index contributed by atoms with van der Waals surface area (Å²) in [7, 11) is -5.87. The summed E-state index contributed by atoms with van der Waals surface area (Å²) in [6, 6.07) is 12.1. The zero-order valence-corrected chi connectivity index (χ0v) is 26.5. The van der Waals surface area contributed by atoms with Gasteiger partial charge < -0.3 is 19.5 Å². The Hall–Kier alpha value is -2.71. The van der Waals surface area contributed by atoms with Crippen molar-refractivity contribution in [2.24, 2.45) is 5.92 Å². The Kier molecular flexibility index (Phi) is 11.8. The first-order valence-electron chi connectivity index (χ1n) is 14.1. The van der Waals surface area contributed by atoms with Crippen molar-refractivity contribution in [2.45, 2.75) is 63.2 Å². The van der Waals surface area contributed by atoms with Crippen molar-refractivity contribution in [1.82, 2.24) is 9.21 Å². The maximum Gasteiger partial charge on any atom is 0.258 e. The van der Waals surface area contributed by atoms with E-state index in [1.54, 1.807) is 49.4 Å². The number of ether oxygens (including phenoxy) is 2. The number of aliphatic hydroxyl groups excluding tert-OH is 1. The van der Waals surface area contributed by atoms with Gasteiger partial charge in [-0.15, -0.1) is 0 Å². The summed E-state index contributed by atoms with van der Waals surface area (Å²) in [6.45, 7) is 5.77. The highest BCUT2D eigenvalue weighted by Gasteiger charge is 2.32. The van der Waals surface area contributed by atoms with Crippen molar-refractivity contribution in [2.75, 3.05) is 44.3 Å². The molecule has 13 heteroatoms. The van der Waals surface area contributed by atoms with Crippen molar-refractivity contribution in [3.8, 4) is 5.75 Å². The zero-order valence-electron chi connectivity index (χ0n) is 24.9. The van der Waals surface area contributed by atoms with Crippen LogP contribution >= 0.6 is 0 Å². The molecule has 1 amide bonds. The molecular formula is C29H43N3O8S2. The molecule has 1 heterocycles.